The number of likely N-dealkylation sites (tertiary alicyclic amines) is 1. The van der Waals surface area contributed by atoms with E-state index in [1.54, 1.807) is 13.2 Å². The number of nitrogens with one attached hydrogen (secondary N) is 1. The average molecular weight is 385 g/mol. The van der Waals surface area contributed by atoms with Crippen molar-refractivity contribution in [1.82, 2.24) is 35.0 Å². The summed E-state index contributed by atoms with van der Waals surface area (Å²) in [4.78, 5) is 27.3. The molecule has 9 nitrogen and oxygen atoms in total. The molecule has 3 heterocycles. The van der Waals surface area contributed by atoms with Gasteiger partial charge in [0.15, 0.2) is 11.4 Å². The number of carbonyl (C=O) groups excluding carboxylic acids is 2. The van der Waals surface area contributed by atoms with Crippen molar-refractivity contribution >= 4 is 11.8 Å². The molecule has 28 heavy (non-hydrogen) atoms. The Labute approximate surface area is 164 Å². The van der Waals surface area contributed by atoms with Crippen molar-refractivity contribution in [1.29, 1.82) is 0 Å². The molecule has 1 atom stereocenters. The average Bonchev–Trinajstić information content (AvgIpc) is 3.19. The molecule has 1 aliphatic carbocycles. The molecule has 0 bridgehead atoms. The first-order chi connectivity index (χ1) is 13.5. The van der Waals surface area contributed by atoms with Crippen LogP contribution in [0.4, 0.5) is 0 Å². The zero-order chi connectivity index (χ0) is 19.7. The first kappa shape index (κ1) is 18.6. The summed E-state index contributed by atoms with van der Waals surface area (Å²) in [5.41, 5.74) is 3.29. The Kier molecular flexibility index (Phi) is 5.15. The van der Waals surface area contributed by atoms with Crippen LogP contribution in [0.25, 0.3) is 0 Å². The fourth-order valence-electron chi connectivity index (χ4n) is 4.25. The maximum atomic E-state index is 13.1. The number of nitrogens with zero attached hydrogens (tertiary/aromatic N) is 6. The largest absolute Gasteiger partial charge is 0.348 e. The van der Waals surface area contributed by atoms with E-state index in [0.717, 1.165) is 50.5 Å². The number of carbonyl (C=O) groups is 2. The van der Waals surface area contributed by atoms with E-state index in [0.29, 0.717) is 24.5 Å². The molecule has 150 valence electrons. The van der Waals surface area contributed by atoms with Gasteiger partial charge in [-0.3, -0.25) is 19.0 Å². The minimum Gasteiger partial charge on any atom is -0.348 e. The molecule has 1 aliphatic heterocycles. The summed E-state index contributed by atoms with van der Waals surface area (Å²) in [5.74, 6) is -0.184. The van der Waals surface area contributed by atoms with Crippen molar-refractivity contribution in [3.8, 4) is 0 Å². The topological polar surface area (TPSA) is 97.9 Å². The number of rotatable bonds is 3. The van der Waals surface area contributed by atoms with Gasteiger partial charge in [0, 0.05) is 44.5 Å². The molecule has 2 aromatic rings. The molecular formula is C19H27N7O2. The van der Waals surface area contributed by atoms with E-state index >= 15 is 0 Å². The van der Waals surface area contributed by atoms with Gasteiger partial charge >= 0.3 is 0 Å². The Morgan fingerprint density at radius 3 is 2.71 bits per heavy atom. The molecule has 2 aromatic heterocycles. The van der Waals surface area contributed by atoms with Gasteiger partial charge < -0.3 is 10.2 Å². The molecule has 2 aliphatic rings. The second kappa shape index (κ2) is 7.73. The molecule has 1 N–H and O–H groups in total. The van der Waals surface area contributed by atoms with Crippen LogP contribution in [0.3, 0.4) is 0 Å². The van der Waals surface area contributed by atoms with E-state index in [2.05, 4.69) is 20.7 Å². The fourth-order valence-corrected chi connectivity index (χ4v) is 4.25. The van der Waals surface area contributed by atoms with E-state index in [-0.39, 0.29) is 17.9 Å². The molecule has 4 rings (SSSR count). The fraction of sp³-hybridized carbons (Fsp3) is 0.632. The first-order valence-electron chi connectivity index (χ1n) is 10.0. The maximum Gasteiger partial charge on any atom is 0.274 e. The number of fused-ring (bicyclic) bond motifs is 1. The van der Waals surface area contributed by atoms with Gasteiger partial charge in [0.1, 0.15) is 0 Å². The predicted octanol–water partition coefficient (Wildman–Crippen LogP) is 0.852. The molecule has 2 amide bonds. The van der Waals surface area contributed by atoms with Crippen molar-refractivity contribution in [3.63, 3.8) is 0 Å². The Morgan fingerprint density at radius 1 is 1.11 bits per heavy atom. The van der Waals surface area contributed by atoms with Crippen LogP contribution in [-0.2, 0) is 26.9 Å². The van der Waals surface area contributed by atoms with Crippen molar-refractivity contribution in [2.45, 2.75) is 51.0 Å². The normalized spacial score (nSPS) is 19.8. The number of amides is 2. The van der Waals surface area contributed by atoms with Crippen LogP contribution in [0.2, 0.25) is 0 Å². The Bertz CT molecular complexity index is 885. The standard InChI is InChI=1S/C19H27N7O2/c1-24-12-15(21-23-24)18(27)20-13-6-5-10-26(11-9-13)19(28)17-14-7-3-4-8-16(14)25(2)22-17/h12-13H,3-11H2,1-2H3,(H,20,27). The maximum absolute atomic E-state index is 13.1. The van der Waals surface area contributed by atoms with E-state index < -0.39 is 0 Å². The molecule has 9 heteroatoms. The van der Waals surface area contributed by atoms with Crippen LogP contribution in [0.1, 0.15) is 64.3 Å². The molecule has 0 radical (unpaired) electrons. The van der Waals surface area contributed by atoms with E-state index in [9.17, 15) is 9.59 Å². The summed E-state index contributed by atoms with van der Waals surface area (Å²) in [7, 11) is 3.66. The zero-order valence-electron chi connectivity index (χ0n) is 16.5. The monoisotopic (exact) mass is 385 g/mol. The van der Waals surface area contributed by atoms with Crippen LogP contribution in [0.5, 0.6) is 0 Å². The lowest BCUT2D eigenvalue weighted by atomic mass is 9.95. The summed E-state index contributed by atoms with van der Waals surface area (Å²) in [6.07, 6.45) is 8.26. The third-order valence-corrected chi connectivity index (χ3v) is 5.75. The summed E-state index contributed by atoms with van der Waals surface area (Å²) in [5, 5.41) is 15.2. The molecule has 1 unspecified atom stereocenters. The number of aromatic nitrogens is 5. The zero-order valence-corrected chi connectivity index (χ0v) is 16.5. The van der Waals surface area contributed by atoms with Gasteiger partial charge in [-0.1, -0.05) is 5.21 Å². The van der Waals surface area contributed by atoms with Crippen molar-refractivity contribution < 1.29 is 9.59 Å². The summed E-state index contributed by atoms with van der Waals surface area (Å²) in [6, 6.07) is 0.0324. The smallest absolute Gasteiger partial charge is 0.274 e. The van der Waals surface area contributed by atoms with Gasteiger partial charge in [-0.25, -0.2) is 0 Å². The van der Waals surface area contributed by atoms with Crippen LogP contribution in [0.15, 0.2) is 6.20 Å². The van der Waals surface area contributed by atoms with Crippen LogP contribution in [-0.4, -0.2) is 60.6 Å². The Hall–Kier alpha value is -2.71. The van der Waals surface area contributed by atoms with Crippen LogP contribution >= 0.6 is 0 Å². The van der Waals surface area contributed by atoms with Gasteiger partial charge in [-0.2, -0.15) is 5.10 Å². The Morgan fingerprint density at radius 2 is 1.93 bits per heavy atom. The lowest BCUT2D eigenvalue weighted by Gasteiger charge is -2.21. The van der Waals surface area contributed by atoms with Crippen LogP contribution < -0.4 is 5.32 Å². The van der Waals surface area contributed by atoms with Crippen LogP contribution in [0, 0.1) is 0 Å². The number of hydrogen-bond donors (Lipinski definition) is 1. The predicted molar refractivity (Wildman–Crippen MR) is 102 cm³/mol. The lowest BCUT2D eigenvalue weighted by Crippen LogP contribution is -2.37. The molecule has 1 saturated heterocycles. The van der Waals surface area contributed by atoms with Crippen molar-refractivity contribution in [2.75, 3.05) is 13.1 Å². The molecular weight excluding hydrogens is 358 g/mol. The third kappa shape index (κ3) is 3.65. The van der Waals surface area contributed by atoms with E-state index in [1.807, 2.05) is 16.6 Å². The minimum atomic E-state index is -0.211. The summed E-state index contributed by atoms with van der Waals surface area (Å²) >= 11 is 0. The number of hydrogen-bond acceptors (Lipinski definition) is 5. The van der Waals surface area contributed by atoms with Gasteiger partial charge in [0.25, 0.3) is 11.8 Å². The summed E-state index contributed by atoms with van der Waals surface area (Å²) < 4.78 is 3.39. The van der Waals surface area contributed by atoms with E-state index in [4.69, 9.17) is 0 Å². The number of aryl methyl sites for hydroxylation is 2. The van der Waals surface area contributed by atoms with Crippen molar-refractivity contribution in [3.05, 3.63) is 28.8 Å². The highest BCUT2D eigenvalue weighted by Gasteiger charge is 2.29. The minimum absolute atomic E-state index is 0.0275. The second-order valence-electron chi connectivity index (χ2n) is 7.78. The van der Waals surface area contributed by atoms with Crippen molar-refractivity contribution in [2.24, 2.45) is 14.1 Å². The van der Waals surface area contributed by atoms with E-state index in [1.165, 1.54) is 10.4 Å². The SMILES string of the molecule is Cn1cc(C(=O)NC2CCCN(C(=O)c3nn(C)c4c3CCCC4)CC2)nn1. The quantitative estimate of drug-likeness (QED) is 0.845. The highest BCUT2D eigenvalue weighted by molar-refractivity contribution is 5.94. The van der Waals surface area contributed by atoms with Gasteiger partial charge in [-0.15, -0.1) is 5.10 Å². The highest BCUT2D eigenvalue weighted by atomic mass is 16.2. The highest BCUT2D eigenvalue weighted by Crippen LogP contribution is 2.25. The second-order valence-corrected chi connectivity index (χ2v) is 7.78. The summed E-state index contributed by atoms with van der Waals surface area (Å²) in [6.45, 7) is 1.32. The molecule has 0 saturated carbocycles. The van der Waals surface area contributed by atoms with Gasteiger partial charge in [0.05, 0.1) is 6.20 Å². The van der Waals surface area contributed by atoms with Gasteiger partial charge in [-0.05, 0) is 44.9 Å². The molecule has 1 fully saturated rings. The van der Waals surface area contributed by atoms with Gasteiger partial charge in [0.2, 0.25) is 0 Å². The Balaban J connectivity index is 1.40. The third-order valence-electron chi connectivity index (χ3n) is 5.75. The molecule has 0 aromatic carbocycles. The first-order valence-corrected chi connectivity index (χ1v) is 10.0. The lowest BCUT2D eigenvalue weighted by molar-refractivity contribution is 0.0753. The molecule has 0 spiro atoms.